The standard InChI is InChI=1S/C13H15ClN2O5S/c1-22(20,21)10-4-6-15(7-5-10)13(17)11-8-9(14)2-3-12(11)16(18)19/h2-3,8,10H,4-7H2,1H3. The van der Waals surface area contributed by atoms with Gasteiger partial charge in [-0.25, -0.2) is 8.42 Å². The number of likely N-dealkylation sites (tertiary alicyclic amines) is 1. The van der Waals surface area contributed by atoms with Gasteiger partial charge >= 0.3 is 0 Å². The molecule has 7 nitrogen and oxygen atoms in total. The molecule has 1 heterocycles. The van der Waals surface area contributed by atoms with E-state index in [9.17, 15) is 23.3 Å². The summed E-state index contributed by atoms with van der Waals surface area (Å²) in [5.41, 5.74) is -0.380. The highest BCUT2D eigenvalue weighted by atomic mass is 35.5. The fraction of sp³-hybridized carbons (Fsp3) is 0.462. The molecule has 0 radical (unpaired) electrons. The lowest BCUT2D eigenvalue weighted by Gasteiger charge is -2.31. The van der Waals surface area contributed by atoms with Gasteiger partial charge in [-0.15, -0.1) is 0 Å². The monoisotopic (exact) mass is 346 g/mol. The maximum Gasteiger partial charge on any atom is 0.282 e. The van der Waals surface area contributed by atoms with Crippen LogP contribution >= 0.6 is 11.6 Å². The molecule has 1 amide bonds. The molecule has 1 aliphatic heterocycles. The van der Waals surface area contributed by atoms with Gasteiger partial charge < -0.3 is 4.90 Å². The lowest BCUT2D eigenvalue weighted by molar-refractivity contribution is -0.385. The highest BCUT2D eigenvalue weighted by Gasteiger charge is 2.31. The molecule has 9 heteroatoms. The van der Waals surface area contributed by atoms with Crippen LogP contribution in [0.2, 0.25) is 5.02 Å². The second kappa shape index (κ2) is 6.21. The van der Waals surface area contributed by atoms with E-state index in [2.05, 4.69) is 0 Å². The van der Waals surface area contributed by atoms with Crippen molar-refractivity contribution in [2.45, 2.75) is 18.1 Å². The highest BCUT2D eigenvalue weighted by molar-refractivity contribution is 7.91. The van der Waals surface area contributed by atoms with Gasteiger partial charge in [-0.2, -0.15) is 0 Å². The fourth-order valence-electron chi connectivity index (χ4n) is 2.50. The highest BCUT2D eigenvalue weighted by Crippen LogP contribution is 2.26. The van der Waals surface area contributed by atoms with Crippen molar-refractivity contribution in [2.24, 2.45) is 0 Å². The van der Waals surface area contributed by atoms with Crippen LogP contribution in [-0.4, -0.2) is 48.7 Å². The van der Waals surface area contributed by atoms with Gasteiger partial charge in [0.25, 0.3) is 11.6 Å². The summed E-state index contributed by atoms with van der Waals surface area (Å²) in [6, 6.07) is 3.82. The first-order valence-electron chi connectivity index (χ1n) is 6.62. The van der Waals surface area contributed by atoms with E-state index in [0.29, 0.717) is 12.8 Å². The average molecular weight is 347 g/mol. The molecular weight excluding hydrogens is 332 g/mol. The summed E-state index contributed by atoms with van der Waals surface area (Å²) >= 11 is 5.81. The van der Waals surface area contributed by atoms with Gasteiger partial charge in [0, 0.05) is 30.4 Å². The van der Waals surface area contributed by atoms with Crippen LogP contribution in [0.3, 0.4) is 0 Å². The Morgan fingerprint density at radius 1 is 1.36 bits per heavy atom. The number of nitro groups is 1. The van der Waals surface area contributed by atoms with Crippen LogP contribution in [0.4, 0.5) is 5.69 Å². The Bertz CT molecular complexity index is 711. The smallest absolute Gasteiger partial charge is 0.282 e. The van der Waals surface area contributed by atoms with E-state index in [0.717, 1.165) is 0 Å². The predicted molar refractivity (Wildman–Crippen MR) is 81.9 cm³/mol. The Kier molecular flexibility index (Phi) is 4.72. The third-order valence-corrected chi connectivity index (χ3v) is 5.64. The number of hydrogen-bond donors (Lipinski definition) is 0. The van der Waals surface area contributed by atoms with Crippen molar-refractivity contribution in [3.05, 3.63) is 38.9 Å². The number of carbonyl (C=O) groups is 1. The molecule has 2 rings (SSSR count). The van der Waals surface area contributed by atoms with Crippen molar-refractivity contribution in [1.82, 2.24) is 4.90 Å². The molecule has 0 atom stereocenters. The van der Waals surface area contributed by atoms with Crippen LogP contribution in [0.25, 0.3) is 0 Å². The van der Waals surface area contributed by atoms with Crippen molar-refractivity contribution in [3.63, 3.8) is 0 Å². The van der Waals surface area contributed by atoms with Gasteiger partial charge in [0.15, 0.2) is 0 Å². The zero-order chi connectivity index (χ0) is 16.5. The number of nitro benzene ring substituents is 1. The topological polar surface area (TPSA) is 97.6 Å². The van der Waals surface area contributed by atoms with Gasteiger partial charge in [0.05, 0.1) is 10.2 Å². The maximum atomic E-state index is 12.4. The molecule has 1 aromatic carbocycles. The fourth-order valence-corrected chi connectivity index (χ4v) is 3.74. The van der Waals surface area contributed by atoms with Crippen molar-refractivity contribution in [2.75, 3.05) is 19.3 Å². The Balaban J connectivity index is 2.20. The number of benzene rings is 1. The molecule has 1 saturated heterocycles. The number of nitrogens with zero attached hydrogens (tertiary/aromatic N) is 2. The van der Waals surface area contributed by atoms with Crippen LogP contribution in [0, 0.1) is 10.1 Å². The number of sulfone groups is 1. The molecule has 22 heavy (non-hydrogen) atoms. The van der Waals surface area contributed by atoms with Crippen LogP contribution < -0.4 is 0 Å². The summed E-state index contributed by atoms with van der Waals surface area (Å²) in [6.07, 6.45) is 1.84. The number of amides is 1. The van der Waals surface area contributed by atoms with E-state index < -0.39 is 25.9 Å². The zero-order valence-corrected chi connectivity index (χ0v) is 13.4. The quantitative estimate of drug-likeness (QED) is 0.615. The number of halogens is 1. The first-order chi connectivity index (χ1) is 10.2. The van der Waals surface area contributed by atoms with Crippen molar-refractivity contribution < 1.29 is 18.1 Å². The lowest BCUT2D eigenvalue weighted by Crippen LogP contribution is -2.42. The van der Waals surface area contributed by atoms with E-state index in [-0.39, 0.29) is 29.4 Å². The summed E-state index contributed by atoms with van der Waals surface area (Å²) < 4.78 is 23.0. The second-order valence-corrected chi connectivity index (χ2v) is 8.00. The third kappa shape index (κ3) is 3.56. The Morgan fingerprint density at radius 3 is 2.45 bits per heavy atom. The van der Waals surface area contributed by atoms with Gasteiger partial charge in [0.1, 0.15) is 15.4 Å². The molecule has 1 fully saturated rings. The molecule has 0 N–H and O–H groups in total. The minimum atomic E-state index is -3.14. The molecule has 0 aromatic heterocycles. The minimum absolute atomic E-state index is 0.0738. The van der Waals surface area contributed by atoms with Crippen LogP contribution in [0.1, 0.15) is 23.2 Å². The second-order valence-electron chi connectivity index (χ2n) is 5.24. The lowest BCUT2D eigenvalue weighted by atomic mass is 10.1. The SMILES string of the molecule is CS(=O)(=O)C1CCN(C(=O)c2cc(Cl)ccc2[N+](=O)[O-])CC1. The average Bonchev–Trinajstić information content (AvgIpc) is 2.45. The molecule has 120 valence electrons. The number of piperidine rings is 1. The number of carbonyl (C=O) groups excluding carboxylic acids is 1. The Hall–Kier alpha value is -1.67. The first kappa shape index (κ1) is 16.7. The molecule has 0 saturated carbocycles. The molecular formula is C13H15ClN2O5S. The van der Waals surface area contributed by atoms with E-state index in [1.807, 2.05) is 0 Å². The number of hydrogen-bond acceptors (Lipinski definition) is 5. The normalized spacial score (nSPS) is 16.5. The van der Waals surface area contributed by atoms with Gasteiger partial charge in [-0.05, 0) is 25.0 Å². The molecule has 0 bridgehead atoms. The van der Waals surface area contributed by atoms with E-state index in [1.165, 1.54) is 29.4 Å². The van der Waals surface area contributed by atoms with Crippen LogP contribution in [-0.2, 0) is 9.84 Å². The van der Waals surface area contributed by atoms with Crippen LogP contribution in [0.15, 0.2) is 18.2 Å². The van der Waals surface area contributed by atoms with Gasteiger partial charge in [-0.3, -0.25) is 14.9 Å². The van der Waals surface area contributed by atoms with Gasteiger partial charge in [0.2, 0.25) is 0 Å². The molecule has 1 aliphatic rings. The third-order valence-electron chi connectivity index (χ3n) is 3.72. The van der Waals surface area contributed by atoms with Crippen molar-refractivity contribution in [3.8, 4) is 0 Å². The molecule has 1 aromatic rings. The molecule has 0 aliphatic carbocycles. The Morgan fingerprint density at radius 2 is 1.95 bits per heavy atom. The number of rotatable bonds is 3. The van der Waals surface area contributed by atoms with Crippen LogP contribution in [0.5, 0.6) is 0 Å². The predicted octanol–water partition coefficient (Wildman–Crippen LogP) is 1.90. The zero-order valence-electron chi connectivity index (χ0n) is 11.9. The van der Waals surface area contributed by atoms with E-state index >= 15 is 0 Å². The summed E-state index contributed by atoms with van der Waals surface area (Å²) in [5.74, 6) is -0.499. The summed E-state index contributed by atoms with van der Waals surface area (Å²) in [7, 11) is -3.14. The summed E-state index contributed by atoms with van der Waals surface area (Å²) in [6.45, 7) is 0.500. The summed E-state index contributed by atoms with van der Waals surface area (Å²) in [5, 5.41) is 10.8. The minimum Gasteiger partial charge on any atom is -0.338 e. The molecule has 0 unspecified atom stereocenters. The largest absolute Gasteiger partial charge is 0.338 e. The maximum absolute atomic E-state index is 12.4. The molecule has 0 spiro atoms. The van der Waals surface area contributed by atoms with E-state index in [1.54, 1.807) is 0 Å². The van der Waals surface area contributed by atoms with E-state index in [4.69, 9.17) is 11.6 Å². The first-order valence-corrected chi connectivity index (χ1v) is 8.95. The van der Waals surface area contributed by atoms with Crippen molar-refractivity contribution in [1.29, 1.82) is 0 Å². The van der Waals surface area contributed by atoms with Crippen molar-refractivity contribution >= 4 is 33.0 Å². The summed E-state index contributed by atoms with van der Waals surface area (Å²) in [4.78, 5) is 24.3. The Labute approximate surface area is 132 Å². The van der Waals surface area contributed by atoms with Gasteiger partial charge in [-0.1, -0.05) is 11.6 Å².